The number of aliphatic hydroxyl groups excluding tert-OH is 4. The van der Waals surface area contributed by atoms with Gasteiger partial charge in [-0.25, -0.2) is 0 Å². The number of hydrogen-bond acceptors (Lipinski definition) is 9. The van der Waals surface area contributed by atoms with E-state index >= 15 is 0 Å². The van der Waals surface area contributed by atoms with Gasteiger partial charge in [-0.05, 0) is 10.4 Å². The molecule has 5 atom stereocenters. The number of hydrogen-bond donors (Lipinski definition) is 4. The van der Waals surface area contributed by atoms with Crippen LogP contribution in [0, 0.1) is 0 Å². The van der Waals surface area contributed by atoms with Crippen molar-refractivity contribution in [2.45, 2.75) is 29.9 Å². The molecule has 1 aliphatic heterocycles. The quantitative estimate of drug-likeness (QED) is 0.449. The average molecular weight is 264 g/mol. The lowest BCUT2D eigenvalue weighted by Gasteiger charge is -2.39. The Balaban J connectivity index is 2.06. The molecule has 17 heavy (non-hydrogen) atoms. The van der Waals surface area contributed by atoms with Crippen molar-refractivity contribution in [3.63, 3.8) is 0 Å². The maximum atomic E-state index is 9.70. The number of rotatable bonds is 3. The van der Waals surface area contributed by atoms with Crippen molar-refractivity contribution in [2.75, 3.05) is 6.61 Å². The van der Waals surface area contributed by atoms with Crippen molar-refractivity contribution in [2.24, 2.45) is 0 Å². The Kier molecular flexibility index (Phi) is 3.91. The van der Waals surface area contributed by atoms with Crippen molar-refractivity contribution in [3.05, 3.63) is 6.33 Å². The predicted octanol–water partition coefficient (Wildman–Crippen LogP) is -3.03. The molecule has 0 radical (unpaired) electrons. The maximum Gasteiger partial charge on any atom is 0.153 e. The van der Waals surface area contributed by atoms with E-state index in [-0.39, 0.29) is 0 Å². The Labute approximate surface area is 100 Å². The van der Waals surface area contributed by atoms with Crippen LogP contribution in [0.25, 0.3) is 0 Å². The van der Waals surface area contributed by atoms with Crippen molar-refractivity contribution < 1.29 is 25.2 Å². The fraction of sp³-hybridized carbons (Fsp3) is 0.857. The summed E-state index contributed by atoms with van der Waals surface area (Å²) in [6.07, 6.45) is -3.69. The van der Waals surface area contributed by atoms with Crippen LogP contribution in [0.3, 0.4) is 0 Å². The Morgan fingerprint density at radius 1 is 1.24 bits per heavy atom. The Morgan fingerprint density at radius 3 is 2.59 bits per heavy atom. The van der Waals surface area contributed by atoms with E-state index in [1.165, 1.54) is 10.4 Å². The van der Waals surface area contributed by atoms with Crippen LogP contribution in [-0.2, 0) is 4.74 Å². The first-order chi connectivity index (χ1) is 8.13. The summed E-state index contributed by atoms with van der Waals surface area (Å²) in [5, 5.41) is 48.1. The molecule has 2 rings (SSSR count). The predicted molar refractivity (Wildman–Crippen MR) is 54.6 cm³/mol. The van der Waals surface area contributed by atoms with Gasteiger partial charge in [-0.1, -0.05) is 0 Å². The van der Waals surface area contributed by atoms with Crippen LogP contribution < -0.4 is 0 Å². The summed E-state index contributed by atoms with van der Waals surface area (Å²) in [6.45, 7) is -0.461. The van der Waals surface area contributed by atoms with Gasteiger partial charge in [0.25, 0.3) is 0 Å². The Bertz CT molecular complexity index is 350. The average Bonchev–Trinajstić information content (AvgIpc) is 2.83. The molecule has 0 saturated carbocycles. The highest BCUT2D eigenvalue weighted by Gasteiger charge is 2.44. The van der Waals surface area contributed by atoms with Gasteiger partial charge in [0.2, 0.25) is 0 Å². The van der Waals surface area contributed by atoms with Gasteiger partial charge in [-0.3, -0.25) is 0 Å². The van der Waals surface area contributed by atoms with Gasteiger partial charge in [0, 0.05) is 11.9 Å². The first kappa shape index (κ1) is 12.7. The summed E-state index contributed by atoms with van der Waals surface area (Å²) < 4.78 is 6.48. The van der Waals surface area contributed by atoms with E-state index in [0.29, 0.717) is 0 Å². The highest BCUT2D eigenvalue weighted by molar-refractivity contribution is 7.98. The first-order valence-electron chi connectivity index (χ1n) is 4.84. The van der Waals surface area contributed by atoms with Crippen LogP contribution in [0.15, 0.2) is 6.33 Å². The van der Waals surface area contributed by atoms with Gasteiger partial charge in [0.15, 0.2) is 11.8 Å². The summed E-state index contributed by atoms with van der Waals surface area (Å²) in [5.74, 6) is 0. The standard InChI is InChI=1S/C7H12N4O5S/c12-1-3-4(13)5(14)6(15)7(16-3)17-11-2-8-9-10-11/h2-7,12-15H,1H2/t3-,4-,5+,6-,7+/m1/s1. The molecule has 10 heteroatoms. The lowest BCUT2D eigenvalue weighted by Crippen LogP contribution is -2.57. The molecule has 2 heterocycles. The van der Waals surface area contributed by atoms with Crippen LogP contribution in [0.4, 0.5) is 0 Å². The van der Waals surface area contributed by atoms with Crippen LogP contribution in [0.2, 0.25) is 0 Å². The molecule has 4 N–H and O–H groups in total. The molecule has 0 aliphatic carbocycles. The molecule has 1 fully saturated rings. The molecule has 9 nitrogen and oxygen atoms in total. The van der Waals surface area contributed by atoms with Crippen molar-refractivity contribution in [1.82, 2.24) is 19.6 Å². The normalized spacial score (nSPS) is 38.2. The van der Waals surface area contributed by atoms with Gasteiger partial charge in [0.05, 0.1) is 6.61 Å². The monoisotopic (exact) mass is 264 g/mol. The molecule has 0 aromatic carbocycles. The molecular formula is C7H12N4O5S. The second-order valence-corrected chi connectivity index (χ2v) is 4.56. The number of tetrazole rings is 1. The minimum Gasteiger partial charge on any atom is -0.394 e. The highest BCUT2D eigenvalue weighted by Crippen LogP contribution is 2.28. The number of aromatic nitrogens is 4. The van der Waals surface area contributed by atoms with E-state index < -0.39 is 36.5 Å². The molecular weight excluding hydrogens is 252 g/mol. The zero-order valence-corrected chi connectivity index (χ0v) is 9.38. The third kappa shape index (κ3) is 2.56. The minimum absolute atomic E-state index is 0.461. The second kappa shape index (κ2) is 5.25. The van der Waals surface area contributed by atoms with Gasteiger partial charge < -0.3 is 25.2 Å². The van der Waals surface area contributed by atoms with Crippen LogP contribution in [0.1, 0.15) is 0 Å². The fourth-order valence-corrected chi connectivity index (χ4v) is 2.32. The summed E-state index contributed by atoms with van der Waals surface area (Å²) in [5.41, 5.74) is -0.881. The van der Waals surface area contributed by atoms with Crippen LogP contribution >= 0.6 is 11.9 Å². The lowest BCUT2D eigenvalue weighted by molar-refractivity contribution is -0.205. The first-order valence-corrected chi connectivity index (χ1v) is 5.68. The molecule has 0 amide bonds. The SMILES string of the molecule is OC[C@H]1O[C@@H](Sn2cnnn2)[C@H](O)[C@@H](O)[C@@H]1O. The summed E-state index contributed by atoms with van der Waals surface area (Å²) in [7, 11) is 0. The van der Waals surface area contributed by atoms with E-state index in [1.807, 2.05) is 0 Å². The molecule has 0 unspecified atom stereocenters. The molecule has 1 aliphatic rings. The fourth-order valence-electron chi connectivity index (χ4n) is 1.46. The van der Waals surface area contributed by atoms with E-state index in [4.69, 9.17) is 9.84 Å². The van der Waals surface area contributed by atoms with E-state index in [9.17, 15) is 15.3 Å². The van der Waals surface area contributed by atoms with E-state index in [0.717, 1.165) is 11.9 Å². The molecule has 0 bridgehead atoms. The van der Waals surface area contributed by atoms with Gasteiger partial charge >= 0.3 is 0 Å². The summed E-state index contributed by atoms with van der Waals surface area (Å²) in [6, 6.07) is 0. The van der Waals surface area contributed by atoms with Crippen molar-refractivity contribution in [1.29, 1.82) is 0 Å². The smallest absolute Gasteiger partial charge is 0.153 e. The molecule has 0 spiro atoms. The second-order valence-electron chi connectivity index (χ2n) is 3.52. The topological polar surface area (TPSA) is 134 Å². The summed E-state index contributed by atoms with van der Waals surface area (Å²) in [4.78, 5) is 0. The molecule has 1 aromatic heterocycles. The molecule has 1 saturated heterocycles. The third-order valence-corrected chi connectivity index (χ3v) is 3.37. The Morgan fingerprint density at radius 2 is 2.00 bits per heavy atom. The zero-order valence-electron chi connectivity index (χ0n) is 8.57. The van der Waals surface area contributed by atoms with Gasteiger partial charge in [-0.2, -0.15) is 4.09 Å². The summed E-state index contributed by atoms with van der Waals surface area (Å²) >= 11 is 0.930. The molecule has 1 aromatic rings. The number of ether oxygens (including phenoxy) is 1. The van der Waals surface area contributed by atoms with Crippen LogP contribution in [-0.4, -0.2) is 76.5 Å². The lowest BCUT2D eigenvalue weighted by atomic mass is 10.0. The molecule has 96 valence electrons. The Hall–Kier alpha value is -0.780. The maximum absolute atomic E-state index is 9.70. The number of nitrogens with zero attached hydrogens (tertiary/aromatic N) is 4. The highest BCUT2D eigenvalue weighted by atomic mass is 32.2. The van der Waals surface area contributed by atoms with E-state index in [2.05, 4.69) is 15.5 Å². The van der Waals surface area contributed by atoms with Crippen molar-refractivity contribution in [3.8, 4) is 0 Å². The largest absolute Gasteiger partial charge is 0.394 e. The van der Waals surface area contributed by atoms with E-state index in [1.54, 1.807) is 0 Å². The zero-order chi connectivity index (χ0) is 12.4. The van der Waals surface area contributed by atoms with Crippen LogP contribution in [0.5, 0.6) is 0 Å². The van der Waals surface area contributed by atoms with Crippen molar-refractivity contribution >= 4 is 11.9 Å². The number of aliphatic hydroxyl groups is 4. The minimum atomic E-state index is -1.39. The van der Waals surface area contributed by atoms with Gasteiger partial charge in [-0.15, -0.1) is 5.10 Å². The van der Waals surface area contributed by atoms with Gasteiger partial charge in [0.1, 0.15) is 24.4 Å². The third-order valence-electron chi connectivity index (χ3n) is 2.39.